The molecule has 9 heteroatoms. The van der Waals surface area contributed by atoms with Crippen LogP contribution in [-0.4, -0.2) is 48.5 Å². The fourth-order valence-electron chi connectivity index (χ4n) is 1.59. The summed E-state index contributed by atoms with van der Waals surface area (Å²) in [5.41, 5.74) is 0.892. The van der Waals surface area contributed by atoms with Gasteiger partial charge < -0.3 is 4.98 Å². The predicted molar refractivity (Wildman–Crippen MR) is 60.8 cm³/mol. The number of hydrogen-bond acceptors (Lipinski definition) is 6. The number of amides is 1. The van der Waals surface area contributed by atoms with Gasteiger partial charge in [0.05, 0.1) is 5.39 Å². The molecule has 3 heterocycles. The van der Waals surface area contributed by atoms with Gasteiger partial charge in [0.15, 0.2) is 0 Å². The number of nitrogens with zero attached hydrogens (tertiary/aromatic N) is 6. The van der Waals surface area contributed by atoms with Crippen LogP contribution in [-0.2, 0) is 0 Å². The van der Waals surface area contributed by atoms with Crippen molar-refractivity contribution >= 4 is 22.9 Å². The predicted octanol–water partition coefficient (Wildman–Crippen LogP) is -0.252. The number of aromatic amines is 2. The maximum atomic E-state index is 12.3. The molecule has 0 unspecified atom stereocenters. The zero-order valence-electron chi connectivity index (χ0n) is 9.32. The second-order valence-electron chi connectivity index (χ2n) is 3.54. The minimum Gasteiger partial charge on any atom is -0.346 e. The van der Waals surface area contributed by atoms with Crippen molar-refractivity contribution in [1.82, 2.24) is 35.6 Å². The van der Waals surface area contributed by atoms with Crippen molar-refractivity contribution in [3.05, 3.63) is 24.3 Å². The third-order valence-corrected chi connectivity index (χ3v) is 2.50. The van der Waals surface area contributed by atoms with Crippen LogP contribution in [0.4, 0.5) is 5.95 Å². The Hall–Kier alpha value is -2.84. The Bertz CT molecular complexity index is 687. The summed E-state index contributed by atoms with van der Waals surface area (Å²) >= 11 is 0. The first-order valence-electron chi connectivity index (χ1n) is 5.07. The lowest BCUT2D eigenvalue weighted by Gasteiger charge is -2.11. The van der Waals surface area contributed by atoms with E-state index in [4.69, 9.17) is 0 Å². The molecule has 0 fully saturated rings. The van der Waals surface area contributed by atoms with Crippen LogP contribution < -0.4 is 4.90 Å². The number of tetrazole rings is 1. The molecule has 0 aliphatic heterocycles. The van der Waals surface area contributed by atoms with Crippen molar-refractivity contribution in [2.75, 3.05) is 11.9 Å². The lowest BCUT2D eigenvalue weighted by atomic mass is 10.2. The molecule has 0 aliphatic rings. The Morgan fingerprint density at radius 1 is 1.39 bits per heavy atom. The topological polar surface area (TPSA) is 116 Å². The molecule has 0 saturated carbocycles. The Kier molecular flexibility index (Phi) is 2.22. The summed E-state index contributed by atoms with van der Waals surface area (Å²) in [5.74, 6) is -0.148. The van der Waals surface area contributed by atoms with E-state index < -0.39 is 0 Å². The van der Waals surface area contributed by atoms with Crippen molar-refractivity contribution in [2.24, 2.45) is 0 Å². The number of H-pyrrole nitrogens is 2. The van der Waals surface area contributed by atoms with Crippen LogP contribution in [0.15, 0.2) is 18.6 Å². The molecule has 0 radical (unpaired) electrons. The van der Waals surface area contributed by atoms with Crippen LogP contribution in [0.2, 0.25) is 0 Å². The third kappa shape index (κ3) is 1.49. The molecule has 9 nitrogen and oxygen atoms in total. The smallest absolute Gasteiger partial charge is 0.279 e. The molecule has 0 aromatic carbocycles. The molecule has 2 N–H and O–H groups in total. The number of aromatic nitrogens is 7. The maximum absolute atomic E-state index is 12.3. The standard InChI is InChI=1S/C9H8N8O/c1-17(9-13-15-16-14-9)8(18)6-5-2-3-10-7(5)12-4-11-6/h2-4H,1H3,(H,10,11,12)(H,13,14,15,16). The fraction of sp³-hybridized carbons (Fsp3) is 0.111. The number of carbonyl (C=O) groups is 1. The molecular weight excluding hydrogens is 236 g/mol. The first kappa shape index (κ1) is 10.3. The van der Waals surface area contributed by atoms with Crippen molar-refractivity contribution < 1.29 is 4.79 Å². The van der Waals surface area contributed by atoms with Gasteiger partial charge in [-0.15, -0.1) is 5.10 Å². The molecule has 0 aliphatic carbocycles. The summed E-state index contributed by atoms with van der Waals surface area (Å²) in [6, 6.07) is 1.74. The van der Waals surface area contributed by atoms with Gasteiger partial charge >= 0.3 is 0 Å². The normalized spacial score (nSPS) is 10.7. The number of rotatable bonds is 2. The van der Waals surface area contributed by atoms with E-state index in [1.54, 1.807) is 19.3 Å². The molecule has 18 heavy (non-hydrogen) atoms. The van der Waals surface area contributed by atoms with Gasteiger partial charge in [-0.05, 0) is 11.3 Å². The summed E-state index contributed by atoms with van der Waals surface area (Å²) in [4.78, 5) is 24.5. The van der Waals surface area contributed by atoms with Crippen LogP contribution in [0.1, 0.15) is 10.5 Å². The molecule has 0 atom stereocenters. The van der Waals surface area contributed by atoms with Gasteiger partial charge in [0.25, 0.3) is 11.9 Å². The second kappa shape index (κ2) is 3.87. The van der Waals surface area contributed by atoms with E-state index in [0.717, 1.165) is 0 Å². The lowest BCUT2D eigenvalue weighted by Crippen LogP contribution is -2.28. The number of nitrogens with one attached hydrogen (secondary N) is 2. The SMILES string of the molecule is CN(C(=O)c1ncnc2[nH]ccc12)c1nn[nH]n1. The van der Waals surface area contributed by atoms with E-state index in [1.807, 2.05) is 0 Å². The first-order chi connectivity index (χ1) is 8.77. The Balaban J connectivity index is 2.04. The molecule has 3 aromatic heterocycles. The molecule has 90 valence electrons. The van der Waals surface area contributed by atoms with Crippen molar-refractivity contribution in [2.45, 2.75) is 0 Å². The van der Waals surface area contributed by atoms with E-state index >= 15 is 0 Å². The summed E-state index contributed by atoms with van der Waals surface area (Å²) in [6.07, 6.45) is 3.03. The minimum atomic E-state index is -0.330. The zero-order valence-corrected chi connectivity index (χ0v) is 9.32. The van der Waals surface area contributed by atoms with E-state index in [1.165, 1.54) is 11.2 Å². The first-order valence-corrected chi connectivity index (χ1v) is 5.07. The molecule has 0 spiro atoms. The van der Waals surface area contributed by atoms with E-state index in [0.29, 0.717) is 11.0 Å². The summed E-state index contributed by atoms with van der Waals surface area (Å²) in [5, 5.41) is 13.8. The molecular formula is C9H8N8O. The number of anilines is 1. The van der Waals surface area contributed by atoms with Crippen LogP contribution in [0.3, 0.4) is 0 Å². The molecule has 3 aromatic rings. The van der Waals surface area contributed by atoms with Gasteiger partial charge in [0.2, 0.25) is 0 Å². The van der Waals surface area contributed by atoms with Gasteiger partial charge in [-0.25, -0.2) is 9.97 Å². The highest BCUT2D eigenvalue weighted by Gasteiger charge is 2.20. The van der Waals surface area contributed by atoms with Crippen LogP contribution in [0, 0.1) is 0 Å². The van der Waals surface area contributed by atoms with Gasteiger partial charge in [-0.2, -0.15) is 5.21 Å². The highest BCUT2D eigenvalue weighted by atomic mass is 16.2. The Morgan fingerprint density at radius 2 is 2.28 bits per heavy atom. The Labute approximate surface area is 100 Å². The van der Waals surface area contributed by atoms with Gasteiger partial charge in [-0.1, -0.05) is 5.10 Å². The van der Waals surface area contributed by atoms with Gasteiger partial charge in [-0.3, -0.25) is 9.69 Å². The average Bonchev–Trinajstić information content (AvgIpc) is 3.06. The molecule has 0 bridgehead atoms. The summed E-state index contributed by atoms with van der Waals surface area (Å²) in [7, 11) is 1.55. The highest BCUT2D eigenvalue weighted by molar-refractivity contribution is 6.10. The van der Waals surface area contributed by atoms with Crippen LogP contribution in [0.25, 0.3) is 11.0 Å². The quantitative estimate of drug-likeness (QED) is 0.641. The third-order valence-electron chi connectivity index (χ3n) is 2.50. The van der Waals surface area contributed by atoms with Crippen molar-refractivity contribution in [3.8, 4) is 0 Å². The van der Waals surface area contributed by atoms with Crippen molar-refractivity contribution in [3.63, 3.8) is 0 Å². The largest absolute Gasteiger partial charge is 0.346 e. The minimum absolute atomic E-state index is 0.183. The highest BCUT2D eigenvalue weighted by Crippen LogP contribution is 2.15. The summed E-state index contributed by atoms with van der Waals surface area (Å²) < 4.78 is 0. The molecule has 3 rings (SSSR count). The average molecular weight is 244 g/mol. The number of fused-ring (bicyclic) bond motifs is 1. The lowest BCUT2D eigenvalue weighted by molar-refractivity contribution is 0.0988. The number of hydrogen-bond donors (Lipinski definition) is 2. The maximum Gasteiger partial charge on any atom is 0.279 e. The fourth-order valence-corrected chi connectivity index (χ4v) is 1.59. The van der Waals surface area contributed by atoms with E-state index in [-0.39, 0.29) is 17.5 Å². The van der Waals surface area contributed by atoms with E-state index in [9.17, 15) is 4.79 Å². The van der Waals surface area contributed by atoms with Gasteiger partial charge in [0.1, 0.15) is 17.7 Å². The summed E-state index contributed by atoms with van der Waals surface area (Å²) in [6.45, 7) is 0. The van der Waals surface area contributed by atoms with Crippen LogP contribution >= 0.6 is 0 Å². The molecule has 0 saturated heterocycles. The second-order valence-corrected chi connectivity index (χ2v) is 3.54. The van der Waals surface area contributed by atoms with E-state index in [2.05, 4.69) is 35.6 Å². The molecule has 1 amide bonds. The Morgan fingerprint density at radius 3 is 3.06 bits per heavy atom. The number of carbonyl (C=O) groups excluding carboxylic acids is 1. The van der Waals surface area contributed by atoms with Gasteiger partial charge in [0, 0.05) is 13.2 Å². The monoisotopic (exact) mass is 244 g/mol. The zero-order chi connectivity index (χ0) is 12.5. The van der Waals surface area contributed by atoms with Crippen molar-refractivity contribution in [1.29, 1.82) is 0 Å². The van der Waals surface area contributed by atoms with Crippen LogP contribution in [0.5, 0.6) is 0 Å².